The van der Waals surface area contributed by atoms with Gasteiger partial charge in [0.05, 0.1) is 7.11 Å². The van der Waals surface area contributed by atoms with E-state index in [1.165, 1.54) is 0 Å². The van der Waals surface area contributed by atoms with Crippen LogP contribution in [-0.4, -0.2) is 29.0 Å². The zero-order valence-electron chi connectivity index (χ0n) is 14.6. The van der Waals surface area contributed by atoms with Crippen molar-refractivity contribution in [2.75, 3.05) is 18.2 Å². The van der Waals surface area contributed by atoms with E-state index in [0.29, 0.717) is 18.1 Å². The number of anilines is 1. The van der Waals surface area contributed by atoms with Gasteiger partial charge in [-0.3, -0.25) is 10.1 Å². The topological polar surface area (TPSA) is 77.2 Å². The first kappa shape index (κ1) is 18.0. The SMILES string of the molecule is COc1ccc(SCCC(=O)Nc2nnc(-c3ccc(C)cc3)o2)cc1. The molecule has 26 heavy (non-hydrogen) atoms. The zero-order valence-corrected chi connectivity index (χ0v) is 15.4. The quantitative estimate of drug-likeness (QED) is 0.630. The third-order valence-corrected chi connectivity index (χ3v) is 4.64. The lowest BCUT2D eigenvalue weighted by Crippen LogP contribution is -2.12. The second kappa shape index (κ2) is 8.53. The molecule has 1 N–H and O–H groups in total. The number of hydrogen-bond donors (Lipinski definition) is 1. The van der Waals surface area contributed by atoms with E-state index in [4.69, 9.17) is 9.15 Å². The number of methoxy groups -OCH3 is 1. The minimum atomic E-state index is -0.162. The number of aryl methyl sites for hydroxylation is 1. The predicted octanol–water partition coefficient (Wildman–Crippen LogP) is 4.17. The van der Waals surface area contributed by atoms with Crippen LogP contribution in [0.2, 0.25) is 0 Å². The Balaban J connectivity index is 1.48. The molecule has 0 unspecified atom stereocenters. The number of aromatic nitrogens is 2. The summed E-state index contributed by atoms with van der Waals surface area (Å²) in [6, 6.07) is 15.6. The first-order chi connectivity index (χ1) is 12.6. The molecular formula is C19H19N3O3S. The van der Waals surface area contributed by atoms with Crippen molar-refractivity contribution in [2.45, 2.75) is 18.2 Å². The number of rotatable bonds is 7. The first-order valence-electron chi connectivity index (χ1n) is 8.11. The molecule has 0 atom stereocenters. The summed E-state index contributed by atoms with van der Waals surface area (Å²) >= 11 is 1.60. The van der Waals surface area contributed by atoms with Gasteiger partial charge in [0.25, 0.3) is 0 Å². The van der Waals surface area contributed by atoms with E-state index < -0.39 is 0 Å². The van der Waals surface area contributed by atoms with E-state index in [2.05, 4.69) is 15.5 Å². The number of thioether (sulfide) groups is 1. The third-order valence-electron chi connectivity index (χ3n) is 3.63. The van der Waals surface area contributed by atoms with E-state index >= 15 is 0 Å². The summed E-state index contributed by atoms with van der Waals surface area (Å²) in [6.07, 6.45) is 0.346. The molecule has 0 aliphatic rings. The summed E-state index contributed by atoms with van der Waals surface area (Å²) in [5.74, 6) is 1.68. The minimum Gasteiger partial charge on any atom is -0.497 e. The molecule has 134 valence electrons. The van der Waals surface area contributed by atoms with Crippen molar-refractivity contribution in [3.05, 3.63) is 54.1 Å². The Kier molecular flexibility index (Phi) is 5.91. The number of carbonyl (C=O) groups is 1. The van der Waals surface area contributed by atoms with E-state index in [1.807, 2.05) is 55.5 Å². The molecule has 1 amide bonds. The third kappa shape index (κ3) is 4.86. The Labute approximate surface area is 156 Å². The van der Waals surface area contributed by atoms with Crippen LogP contribution in [0.4, 0.5) is 6.01 Å². The summed E-state index contributed by atoms with van der Waals surface area (Å²) in [6.45, 7) is 2.01. The van der Waals surface area contributed by atoms with Crippen molar-refractivity contribution in [3.8, 4) is 17.2 Å². The maximum Gasteiger partial charge on any atom is 0.322 e. The van der Waals surface area contributed by atoms with Crippen LogP contribution >= 0.6 is 11.8 Å². The molecule has 0 bridgehead atoms. The number of nitrogens with one attached hydrogen (secondary N) is 1. The van der Waals surface area contributed by atoms with E-state index in [-0.39, 0.29) is 11.9 Å². The highest BCUT2D eigenvalue weighted by molar-refractivity contribution is 7.99. The van der Waals surface area contributed by atoms with E-state index in [0.717, 1.165) is 21.8 Å². The van der Waals surface area contributed by atoms with Gasteiger partial charge in [0.15, 0.2) is 0 Å². The molecule has 3 aromatic rings. The molecule has 0 saturated heterocycles. The fourth-order valence-corrected chi connectivity index (χ4v) is 3.05. The molecule has 2 aromatic carbocycles. The Hall–Kier alpha value is -2.80. The molecule has 1 aromatic heterocycles. The Morgan fingerprint density at radius 2 is 1.85 bits per heavy atom. The van der Waals surface area contributed by atoms with Crippen LogP contribution in [0.15, 0.2) is 57.8 Å². The van der Waals surface area contributed by atoms with Crippen molar-refractivity contribution < 1.29 is 13.9 Å². The highest BCUT2D eigenvalue weighted by Crippen LogP contribution is 2.23. The van der Waals surface area contributed by atoms with Gasteiger partial charge in [-0.1, -0.05) is 22.8 Å². The normalized spacial score (nSPS) is 10.5. The van der Waals surface area contributed by atoms with Gasteiger partial charge in [-0.05, 0) is 43.3 Å². The van der Waals surface area contributed by atoms with E-state index in [1.54, 1.807) is 18.9 Å². The Morgan fingerprint density at radius 1 is 1.12 bits per heavy atom. The van der Waals surface area contributed by atoms with Crippen molar-refractivity contribution >= 4 is 23.7 Å². The van der Waals surface area contributed by atoms with Crippen LogP contribution < -0.4 is 10.1 Å². The van der Waals surface area contributed by atoms with Crippen LogP contribution in [0.1, 0.15) is 12.0 Å². The van der Waals surface area contributed by atoms with Crippen LogP contribution in [0.25, 0.3) is 11.5 Å². The van der Waals surface area contributed by atoms with Crippen LogP contribution in [-0.2, 0) is 4.79 Å². The van der Waals surface area contributed by atoms with Crippen molar-refractivity contribution in [1.29, 1.82) is 0 Å². The summed E-state index contributed by atoms with van der Waals surface area (Å²) in [5.41, 5.74) is 1.97. The van der Waals surface area contributed by atoms with Crippen molar-refractivity contribution in [1.82, 2.24) is 10.2 Å². The molecule has 0 spiro atoms. The number of carbonyl (C=O) groups excluding carboxylic acids is 1. The number of amides is 1. The lowest BCUT2D eigenvalue weighted by atomic mass is 10.1. The number of benzene rings is 2. The second-order valence-electron chi connectivity index (χ2n) is 5.60. The van der Waals surface area contributed by atoms with Gasteiger partial charge in [0, 0.05) is 22.6 Å². The van der Waals surface area contributed by atoms with Gasteiger partial charge in [-0.25, -0.2) is 0 Å². The molecule has 0 radical (unpaired) electrons. The zero-order chi connectivity index (χ0) is 18.4. The van der Waals surface area contributed by atoms with Gasteiger partial charge in [0.2, 0.25) is 11.8 Å². The molecule has 3 rings (SSSR count). The first-order valence-corrected chi connectivity index (χ1v) is 9.10. The van der Waals surface area contributed by atoms with Gasteiger partial charge < -0.3 is 9.15 Å². The lowest BCUT2D eigenvalue weighted by Gasteiger charge is -2.03. The van der Waals surface area contributed by atoms with Gasteiger partial charge in [0.1, 0.15) is 5.75 Å². The molecule has 0 saturated carbocycles. The summed E-state index contributed by atoms with van der Waals surface area (Å²) in [7, 11) is 1.63. The fourth-order valence-electron chi connectivity index (χ4n) is 2.20. The summed E-state index contributed by atoms with van der Waals surface area (Å²) < 4.78 is 10.6. The average Bonchev–Trinajstić information content (AvgIpc) is 3.11. The van der Waals surface area contributed by atoms with Crippen LogP contribution in [0.3, 0.4) is 0 Å². The molecule has 1 heterocycles. The van der Waals surface area contributed by atoms with Crippen LogP contribution in [0.5, 0.6) is 5.75 Å². The van der Waals surface area contributed by atoms with Crippen molar-refractivity contribution in [3.63, 3.8) is 0 Å². The fraction of sp³-hybridized carbons (Fsp3) is 0.211. The van der Waals surface area contributed by atoms with Crippen molar-refractivity contribution in [2.24, 2.45) is 0 Å². The summed E-state index contributed by atoms with van der Waals surface area (Å²) in [4.78, 5) is 13.1. The smallest absolute Gasteiger partial charge is 0.322 e. The van der Waals surface area contributed by atoms with Gasteiger partial charge >= 0.3 is 6.01 Å². The maximum atomic E-state index is 12.0. The molecule has 0 fully saturated rings. The van der Waals surface area contributed by atoms with Crippen LogP contribution in [0, 0.1) is 6.92 Å². The number of ether oxygens (including phenoxy) is 1. The van der Waals surface area contributed by atoms with Gasteiger partial charge in [-0.15, -0.1) is 16.9 Å². The second-order valence-corrected chi connectivity index (χ2v) is 6.77. The largest absolute Gasteiger partial charge is 0.497 e. The molecule has 0 aliphatic carbocycles. The summed E-state index contributed by atoms with van der Waals surface area (Å²) in [5, 5.41) is 10.5. The molecule has 7 heteroatoms. The monoisotopic (exact) mass is 369 g/mol. The maximum absolute atomic E-state index is 12.0. The number of hydrogen-bond acceptors (Lipinski definition) is 6. The highest BCUT2D eigenvalue weighted by Gasteiger charge is 2.11. The Bertz CT molecular complexity index is 860. The lowest BCUT2D eigenvalue weighted by molar-refractivity contribution is -0.115. The van der Waals surface area contributed by atoms with Gasteiger partial charge in [-0.2, -0.15) is 0 Å². The highest BCUT2D eigenvalue weighted by atomic mass is 32.2. The van der Waals surface area contributed by atoms with E-state index in [9.17, 15) is 4.79 Å². The average molecular weight is 369 g/mol. The number of nitrogens with zero attached hydrogens (tertiary/aromatic N) is 2. The molecule has 0 aliphatic heterocycles. The molecule has 6 nitrogen and oxygen atoms in total. The standard InChI is InChI=1S/C19H19N3O3S/c1-13-3-5-14(6-4-13)18-21-22-19(25-18)20-17(23)11-12-26-16-9-7-15(24-2)8-10-16/h3-10H,11-12H2,1-2H3,(H,20,22,23). The Morgan fingerprint density at radius 3 is 2.54 bits per heavy atom. The molecular weight excluding hydrogens is 350 g/mol. The minimum absolute atomic E-state index is 0.111. The predicted molar refractivity (Wildman–Crippen MR) is 101 cm³/mol.